The number of aromatic nitrogens is 2. The Morgan fingerprint density at radius 1 is 1.06 bits per heavy atom. The Morgan fingerprint density at radius 3 is 2.57 bits per heavy atom. The summed E-state index contributed by atoms with van der Waals surface area (Å²) in [6.07, 6.45) is 4.11. The molecule has 2 unspecified atom stereocenters. The van der Waals surface area contributed by atoms with Crippen LogP contribution in [0.5, 0.6) is 0 Å². The van der Waals surface area contributed by atoms with Gasteiger partial charge in [-0.3, -0.25) is 4.79 Å². The van der Waals surface area contributed by atoms with Crippen molar-refractivity contribution < 1.29 is 19.1 Å². The number of aromatic amines is 1. The number of carbonyl (C=O) groups is 3. The number of amides is 1. The standard InChI is InChI=1S/C27H26N4O4/c1-18(26(33)31-22(15-32)13-21-14-28-17-29-21)30-25-23-10-6-5-9-20(23)11-12-24(25)27(34)35-16-19-7-3-2-4-8-19/h2-12,14-15,17-18,22,30H,13,16H2,1H3,(H,28,29)(H,31,33). The minimum Gasteiger partial charge on any atom is -0.457 e. The Hall–Kier alpha value is -4.46. The molecule has 0 bridgehead atoms. The number of H-pyrrole nitrogens is 1. The molecule has 4 rings (SSSR count). The minimum absolute atomic E-state index is 0.136. The molecule has 8 heteroatoms. The summed E-state index contributed by atoms with van der Waals surface area (Å²) in [5.41, 5.74) is 2.44. The molecular weight excluding hydrogens is 444 g/mol. The highest BCUT2D eigenvalue weighted by Gasteiger charge is 2.22. The van der Waals surface area contributed by atoms with Gasteiger partial charge in [-0.25, -0.2) is 9.78 Å². The second kappa shape index (κ2) is 11.1. The van der Waals surface area contributed by atoms with Gasteiger partial charge < -0.3 is 25.1 Å². The first-order valence-corrected chi connectivity index (χ1v) is 11.3. The number of imidazole rings is 1. The molecule has 0 fully saturated rings. The van der Waals surface area contributed by atoms with Crippen molar-refractivity contribution in [3.05, 3.63) is 96.1 Å². The molecule has 0 spiro atoms. The van der Waals surface area contributed by atoms with Crippen molar-refractivity contribution in [2.24, 2.45) is 0 Å². The topological polar surface area (TPSA) is 113 Å². The molecule has 0 saturated heterocycles. The van der Waals surface area contributed by atoms with E-state index in [9.17, 15) is 14.4 Å². The third-order valence-electron chi connectivity index (χ3n) is 5.60. The van der Waals surface area contributed by atoms with Crippen molar-refractivity contribution in [1.82, 2.24) is 15.3 Å². The second-order valence-corrected chi connectivity index (χ2v) is 8.17. The first-order valence-electron chi connectivity index (χ1n) is 11.3. The molecule has 0 aliphatic rings. The molecule has 0 aliphatic heterocycles. The van der Waals surface area contributed by atoms with Gasteiger partial charge in [-0.05, 0) is 23.9 Å². The molecule has 2 atom stereocenters. The van der Waals surface area contributed by atoms with Gasteiger partial charge in [0.2, 0.25) is 5.91 Å². The second-order valence-electron chi connectivity index (χ2n) is 8.17. The highest BCUT2D eigenvalue weighted by atomic mass is 16.5. The van der Waals surface area contributed by atoms with Crippen molar-refractivity contribution in [2.45, 2.75) is 32.0 Å². The fourth-order valence-electron chi connectivity index (χ4n) is 3.75. The molecule has 3 N–H and O–H groups in total. The van der Waals surface area contributed by atoms with E-state index in [4.69, 9.17) is 4.74 Å². The van der Waals surface area contributed by atoms with E-state index in [1.165, 1.54) is 6.33 Å². The Morgan fingerprint density at radius 2 is 1.83 bits per heavy atom. The van der Waals surface area contributed by atoms with Gasteiger partial charge in [0.25, 0.3) is 0 Å². The van der Waals surface area contributed by atoms with Crippen LogP contribution in [-0.4, -0.2) is 40.2 Å². The lowest BCUT2D eigenvalue weighted by atomic mass is 10.0. The maximum atomic E-state index is 13.0. The summed E-state index contributed by atoms with van der Waals surface area (Å²) >= 11 is 0. The van der Waals surface area contributed by atoms with E-state index in [1.807, 2.05) is 60.7 Å². The van der Waals surface area contributed by atoms with Crippen molar-refractivity contribution in [3.63, 3.8) is 0 Å². The van der Waals surface area contributed by atoms with E-state index in [-0.39, 0.29) is 12.5 Å². The molecule has 8 nitrogen and oxygen atoms in total. The molecule has 178 valence electrons. The first kappa shape index (κ1) is 23.7. The number of nitrogens with zero attached hydrogens (tertiary/aromatic N) is 1. The van der Waals surface area contributed by atoms with Crippen LogP contribution >= 0.6 is 0 Å². The number of esters is 1. The predicted octanol–water partition coefficient (Wildman–Crippen LogP) is 3.65. The normalized spacial score (nSPS) is 12.5. The van der Waals surface area contributed by atoms with Crippen molar-refractivity contribution in [1.29, 1.82) is 0 Å². The molecule has 1 aromatic heterocycles. The number of rotatable bonds is 10. The number of carbonyl (C=O) groups excluding carboxylic acids is 3. The lowest BCUT2D eigenvalue weighted by Crippen LogP contribution is -2.45. The maximum absolute atomic E-state index is 13.0. The maximum Gasteiger partial charge on any atom is 0.340 e. The summed E-state index contributed by atoms with van der Waals surface area (Å²) in [6, 6.07) is 19.1. The Labute approximate surface area is 202 Å². The predicted molar refractivity (Wildman–Crippen MR) is 133 cm³/mol. The summed E-state index contributed by atoms with van der Waals surface area (Å²) in [4.78, 5) is 44.3. The zero-order valence-electron chi connectivity index (χ0n) is 19.2. The zero-order valence-corrected chi connectivity index (χ0v) is 19.2. The van der Waals surface area contributed by atoms with E-state index in [0.717, 1.165) is 22.0 Å². The first-order chi connectivity index (χ1) is 17.0. The summed E-state index contributed by atoms with van der Waals surface area (Å²) in [5.74, 6) is -0.877. The van der Waals surface area contributed by atoms with Gasteiger partial charge in [-0.2, -0.15) is 0 Å². The van der Waals surface area contributed by atoms with Gasteiger partial charge in [0.1, 0.15) is 18.9 Å². The highest BCUT2D eigenvalue weighted by Crippen LogP contribution is 2.29. The summed E-state index contributed by atoms with van der Waals surface area (Å²) in [6.45, 7) is 1.81. The quantitative estimate of drug-likeness (QED) is 0.241. The highest BCUT2D eigenvalue weighted by molar-refractivity contribution is 6.07. The number of nitrogens with one attached hydrogen (secondary N) is 3. The van der Waals surface area contributed by atoms with Crippen LogP contribution in [0.15, 0.2) is 79.3 Å². The van der Waals surface area contributed by atoms with Crippen LogP contribution < -0.4 is 10.6 Å². The average Bonchev–Trinajstić information content (AvgIpc) is 3.40. The molecule has 3 aromatic carbocycles. The summed E-state index contributed by atoms with van der Waals surface area (Å²) in [7, 11) is 0. The van der Waals surface area contributed by atoms with Crippen LogP contribution in [-0.2, 0) is 27.4 Å². The summed E-state index contributed by atoms with van der Waals surface area (Å²) in [5, 5.41) is 7.60. The van der Waals surface area contributed by atoms with Crippen LogP contribution in [0.25, 0.3) is 10.8 Å². The summed E-state index contributed by atoms with van der Waals surface area (Å²) < 4.78 is 5.55. The van der Waals surface area contributed by atoms with Gasteiger partial charge in [-0.15, -0.1) is 0 Å². The van der Waals surface area contributed by atoms with E-state index in [1.54, 1.807) is 19.2 Å². The van der Waals surface area contributed by atoms with Gasteiger partial charge in [0, 0.05) is 23.7 Å². The third kappa shape index (κ3) is 5.92. The number of hydrogen-bond acceptors (Lipinski definition) is 6. The molecule has 1 amide bonds. The van der Waals surface area contributed by atoms with Gasteiger partial charge >= 0.3 is 5.97 Å². The molecule has 35 heavy (non-hydrogen) atoms. The number of aldehydes is 1. The molecule has 0 aliphatic carbocycles. The van der Waals surface area contributed by atoms with Gasteiger partial charge in [0.05, 0.1) is 23.6 Å². The van der Waals surface area contributed by atoms with Crippen molar-refractivity contribution in [2.75, 3.05) is 5.32 Å². The van der Waals surface area contributed by atoms with E-state index >= 15 is 0 Å². The van der Waals surface area contributed by atoms with Crippen LogP contribution in [0.2, 0.25) is 0 Å². The average molecular weight is 471 g/mol. The zero-order chi connectivity index (χ0) is 24.6. The lowest BCUT2D eigenvalue weighted by molar-refractivity contribution is -0.124. The molecular formula is C27H26N4O4. The van der Waals surface area contributed by atoms with Gasteiger partial charge in [-0.1, -0.05) is 60.7 Å². The number of fused-ring (bicyclic) bond motifs is 1. The van der Waals surface area contributed by atoms with E-state index < -0.39 is 18.1 Å². The smallest absolute Gasteiger partial charge is 0.340 e. The minimum atomic E-state index is -0.731. The largest absolute Gasteiger partial charge is 0.457 e. The van der Waals surface area contributed by atoms with E-state index in [0.29, 0.717) is 24.0 Å². The monoisotopic (exact) mass is 470 g/mol. The van der Waals surface area contributed by atoms with Crippen molar-refractivity contribution in [3.8, 4) is 0 Å². The molecule has 1 heterocycles. The Balaban J connectivity index is 1.52. The SMILES string of the molecule is CC(Nc1c(C(=O)OCc2ccccc2)ccc2ccccc12)C(=O)NC(C=O)Cc1cnc[nH]1. The molecule has 0 saturated carbocycles. The third-order valence-corrected chi connectivity index (χ3v) is 5.60. The Kier molecular flexibility index (Phi) is 7.52. The van der Waals surface area contributed by atoms with Gasteiger partial charge in [0.15, 0.2) is 0 Å². The fourth-order valence-corrected chi connectivity index (χ4v) is 3.75. The number of hydrogen-bond donors (Lipinski definition) is 3. The lowest BCUT2D eigenvalue weighted by Gasteiger charge is -2.21. The Bertz CT molecular complexity index is 1310. The van der Waals surface area contributed by atoms with Crippen LogP contribution in [0.1, 0.15) is 28.5 Å². The van der Waals surface area contributed by atoms with Crippen LogP contribution in [0.3, 0.4) is 0 Å². The number of benzene rings is 3. The molecule has 0 radical (unpaired) electrons. The fraction of sp³-hybridized carbons (Fsp3) is 0.185. The van der Waals surface area contributed by atoms with Crippen molar-refractivity contribution >= 4 is 34.6 Å². The number of ether oxygens (including phenoxy) is 1. The van der Waals surface area contributed by atoms with Crippen LogP contribution in [0, 0.1) is 0 Å². The van der Waals surface area contributed by atoms with E-state index in [2.05, 4.69) is 20.6 Å². The number of anilines is 1. The molecule has 4 aromatic rings. The van der Waals surface area contributed by atoms with Crippen LogP contribution in [0.4, 0.5) is 5.69 Å².